The topological polar surface area (TPSA) is 9.23 Å². The highest BCUT2D eigenvalue weighted by Gasteiger charge is 2.31. The maximum atomic E-state index is 12.5. The summed E-state index contributed by atoms with van der Waals surface area (Å²) in [4.78, 5) is 0. The van der Waals surface area contributed by atoms with Crippen LogP contribution in [0.5, 0.6) is 5.75 Å². The number of benzene rings is 2. The van der Waals surface area contributed by atoms with E-state index >= 15 is 0 Å². The average molecular weight is 447 g/mol. The lowest BCUT2D eigenvalue weighted by Crippen LogP contribution is -2.17. The van der Waals surface area contributed by atoms with Crippen molar-refractivity contribution < 1.29 is 17.9 Å². The van der Waals surface area contributed by atoms with Gasteiger partial charge in [-0.25, -0.2) is 0 Å². The molecule has 4 heteroatoms. The standard InChI is InChI=1S/C28H37F3O/c1-2-3-20-4-6-21(7-5-20)8-9-22-10-12-23(13-11-22)24-14-15-26-19-27(32-28(29,30)31)17-16-25(26)18-24/h14-23H,2-13H2,1H3. The molecule has 0 heterocycles. The van der Waals surface area contributed by atoms with E-state index in [1.54, 1.807) is 6.07 Å². The maximum Gasteiger partial charge on any atom is 0.573 e. The summed E-state index contributed by atoms with van der Waals surface area (Å²) in [7, 11) is 0. The molecule has 2 aromatic rings. The highest BCUT2D eigenvalue weighted by atomic mass is 19.4. The average Bonchev–Trinajstić information content (AvgIpc) is 2.78. The van der Waals surface area contributed by atoms with Crippen molar-refractivity contribution in [2.24, 2.45) is 17.8 Å². The lowest BCUT2D eigenvalue weighted by atomic mass is 9.74. The predicted octanol–water partition coefficient (Wildman–Crippen LogP) is 9.40. The van der Waals surface area contributed by atoms with Gasteiger partial charge in [-0.3, -0.25) is 0 Å². The smallest absolute Gasteiger partial charge is 0.406 e. The molecule has 176 valence electrons. The van der Waals surface area contributed by atoms with Crippen molar-refractivity contribution in [2.75, 3.05) is 0 Å². The zero-order valence-corrected chi connectivity index (χ0v) is 19.3. The Bertz CT molecular complexity index is 859. The van der Waals surface area contributed by atoms with Gasteiger partial charge in [-0.2, -0.15) is 0 Å². The highest BCUT2D eigenvalue weighted by molar-refractivity contribution is 5.84. The maximum absolute atomic E-state index is 12.5. The number of hydrogen-bond acceptors (Lipinski definition) is 1. The van der Waals surface area contributed by atoms with Crippen molar-refractivity contribution in [3.05, 3.63) is 42.0 Å². The predicted molar refractivity (Wildman–Crippen MR) is 125 cm³/mol. The van der Waals surface area contributed by atoms with Gasteiger partial charge < -0.3 is 4.74 Å². The summed E-state index contributed by atoms with van der Waals surface area (Å²) in [5.41, 5.74) is 1.33. The molecule has 0 atom stereocenters. The third-order valence-corrected chi connectivity index (χ3v) is 8.03. The van der Waals surface area contributed by atoms with E-state index in [0.717, 1.165) is 28.5 Å². The fourth-order valence-electron chi connectivity index (χ4n) is 6.17. The summed E-state index contributed by atoms with van der Waals surface area (Å²) in [5.74, 6) is 3.26. The monoisotopic (exact) mass is 446 g/mol. The molecule has 0 radical (unpaired) electrons. The van der Waals surface area contributed by atoms with Crippen LogP contribution in [0.2, 0.25) is 0 Å². The first-order valence-corrected chi connectivity index (χ1v) is 12.7. The molecule has 0 saturated heterocycles. The minimum absolute atomic E-state index is 0.155. The molecule has 2 aliphatic carbocycles. The summed E-state index contributed by atoms with van der Waals surface area (Å²) in [6, 6.07) is 10.8. The van der Waals surface area contributed by atoms with Gasteiger partial charge in [0.25, 0.3) is 0 Å². The van der Waals surface area contributed by atoms with Gasteiger partial charge in [0, 0.05) is 0 Å². The first kappa shape index (κ1) is 23.4. The van der Waals surface area contributed by atoms with Gasteiger partial charge in [0.05, 0.1) is 0 Å². The number of alkyl halides is 3. The summed E-state index contributed by atoms with van der Waals surface area (Å²) in [5, 5.41) is 1.77. The summed E-state index contributed by atoms with van der Waals surface area (Å²) in [6.07, 6.45) is 11.8. The lowest BCUT2D eigenvalue weighted by Gasteiger charge is -2.32. The lowest BCUT2D eigenvalue weighted by molar-refractivity contribution is -0.274. The molecule has 2 aliphatic rings. The van der Waals surface area contributed by atoms with Crippen LogP contribution >= 0.6 is 0 Å². The van der Waals surface area contributed by atoms with Crippen molar-refractivity contribution >= 4 is 10.8 Å². The number of halogens is 3. The molecule has 2 aromatic carbocycles. The van der Waals surface area contributed by atoms with Gasteiger partial charge in [0.2, 0.25) is 0 Å². The van der Waals surface area contributed by atoms with Gasteiger partial charge in [-0.1, -0.05) is 82.6 Å². The van der Waals surface area contributed by atoms with E-state index in [1.807, 2.05) is 6.07 Å². The van der Waals surface area contributed by atoms with Crippen molar-refractivity contribution in [3.63, 3.8) is 0 Å². The largest absolute Gasteiger partial charge is 0.573 e. The Kier molecular flexibility index (Phi) is 7.68. The van der Waals surface area contributed by atoms with Crippen LogP contribution in [-0.2, 0) is 0 Å². The van der Waals surface area contributed by atoms with Gasteiger partial charge in [0.1, 0.15) is 5.75 Å². The summed E-state index contributed by atoms with van der Waals surface area (Å²) in [6.45, 7) is 2.31. The van der Waals surface area contributed by atoms with Gasteiger partial charge in [-0.05, 0) is 77.8 Å². The van der Waals surface area contributed by atoms with E-state index in [4.69, 9.17) is 0 Å². The normalized spacial score (nSPS) is 26.9. The Morgan fingerprint density at radius 2 is 1.25 bits per heavy atom. The molecule has 32 heavy (non-hydrogen) atoms. The molecule has 0 aliphatic heterocycles. The van der Waals surface area contributed by atoms with Crippen LogP contribution in [0, 0.1) is 17.8 Å². The molecule has 2 saturated carbocycles. The third kappa shape index (κ3) is 6.42. The zero-order chi connectivity index (χ0) is 22.6. The molecule has 0 bridgehead atoms. The van der Waals surface area contributed by atoms with Crippen LogP contribution in [0.4, 0.5) is 13.2 Å². The summed E-state index contributed by atoms with van der Waals surface area (Å²) < 4.78 is 41.4. The van der Waals surface area contributed by atoms with Crippen LogP contribution in [0.1, 0.15) is 95.5 Å². The van der Waals surface area contributed by atoms with Crippen molar-refractivity contribution in [1.82, 2.24) is 0 Å². The molecule has 0 N–H and O–H groups in total. The number of rotatable bonds is 7. The second-order valence-corrected chi connectivity index (χ2v) is 10.3. The minimum Gasteiger partial charge on any atom is -0.406 e. The van der Waals surface area contributed by atoms with Crippen LogP contribution in [0.25, 0.3) is 10.8 Å². The quantitative estimate of drug-likeness (QED) is 0.411. The van der Waals surface area contributed by atoms with E-state index in [0.29, 0.717) is 5.92 Å². The molecule has 4 rings (SSSR count). The number of ether oxygens (including phenoxy) is 1. The summed E-state index contributed by atoms with van der Waals surface area (Å²) >= 11 is 0. The van der Waals surface area contributed by atoms with Crippen molar-refractivity contribution in [2.45, 2.75) is 96.3 Å². The van der Waals surface area contributed by atoms with E-state index in [2.05, 4.69) is 23.8 Å². The van der Waals surface area contributed by atoms with E-state index in [9.17, 15) is 13.2 Å². The third-order valence-electron chi connectivity index (χ3n) is 8.03. The highest BCUT2D eigenvalue weighted by Crippen LogP contribution is 2.41. The molecular formula is C28H37F3O. The van der Waals surface area contributed by atoms with Crippen LogP contribution in [0.15, 0.2) is 36.4 Å². The fraction of sp³-hybridized carbons (Fsp3) is 0.643. The van der Waals surface area contributed by atoms with Crippen LogP contribution in [-0.4, -0.2) is 6.36 Å². The van der Waals surface area contributed by atoms with Gasteiger partial charge in [0.15, 0.2) is 0 Å². The van der Waals surface area contributed by atoms with E-state index < -0.39 is 6.36 Å². The fourth-order valence-corrected chi connectivity index (χ4v) is 6.17. The van der Waals surface area contributed by atoms with E-state index in [-0.39, 0.29) is 5.75 Å². The molecule has 2 fully saturated rings. The first-order chi connectivity index (χ1) is 15.4. The molecule has 0 aromatic heterocycles. The molecule has 0 spiro atoms. The minimum atomic E-state index is -4.65. The molecular weight excluding hydrogens is 409 g/mol. The van der Waals surface area contributed by atoms with Crippen molar-refractivity contribution in [3.8, 4) is 5.75 Å². The molecule has 0 amide bonds. The first-order valence-electron chi connectivity index (χ1n) is 12.7. The second kappa shape index (κ2) is 10.5. The van der Waals surface area contributed by atoms with E-state index in [1.165, 1.54) is 94.7 Å². The van der Waals surface area contributed by atoms with Gasteiger partial charge in [-0.15, -0.1) is 13.2 Å². The molecule has 0 unspecified atom stereocenters. The Morgan fingerprint density at radius 1 is 0.719 bits per heavy atom. The second-order valence-electron chi connectivity index (χ2n) is 10.3. The number of hydrogen-bond donors (Lipinski definition) is 0. The van der Waals surface area contributed by atoms with Crippen LogP contribution in [0.3, 0.4) is 0 Å². The SMILES string of the molecule is CCCC1CCC(CCC2CCC(c3ccc4cc(OC(F)(F)F)ccc4c3)CC2)CC1. The Hall–Kier alpha value is -1.71. The van der Waals surface area contributed by atoms with Gasteiger partial charge >= 0.3 is 6.36 Å². The Balaban J connectivity index is 1.25. The zero-order valence-electron chi connectivity index (χ0n) is 19.3. The van der Waals surface area contributed by atoms with Crippen molar-refractivity contribution in [1.29, 1.82) is 0 Å². The Labute approximate surface area is 190 Å². The molecule has 1 nitrogen and oxygen atoms in total. The number of fused-ring (bicyclic) bond motifs is 1. The van der Waals surface area contributed by atoms with Crippen LogP contribution < -0.4 is 4.74 Å². The Morgan fingerprint density at radius 3 is 1.84 bits per heavy atom.